The maximum absolute atomic E-state index is 13.3. The molecule has 144 valence electrons. The highest BCUT2D eigenvalue weighted by molar-refractivity contribution is 6.04. The molecule has 0 aromatic heterocycles. The van der Waals surface area contributed by atoms with Gasteiger partial charge in [0.2, 0.25) is 0 Å². The molecule has 6 nitrogen and oxygen atoms in total. The van der Waals surface area contributed by atoms with E-state index in [0.717, 1.165) is 12.1 Å². The molecule has 2 aromatic carbocycles. The first-order chi connectivity index (χ1) is 12.8. The fourth-order valence-electron chi connectivity index (χ4n) is 2.19. The summed E-state index contributed by atoms with van der Waals surface area (Å²) in [6.07, 6.45) is -4.72. The highest BCUT2D eigenvalue weighted by Gasteiger charge is 2.34. The molecule has 0 aliphatic rings. The molecule has 0 aliphatic heterocycles. The quantitative estimate of drug-likeness (QED) is 0.667. The average Bonchev–Trinajstić information content (AvgIpc) is 2.63. The zero-order chi connectivity index (χ0) is 19.9. The van der Waals surface area contributed by atoms with E-state index in [1.807, 2.05) is 0 Å². The van der Waals surface area contributed by atoms with Gasteiger partial charge in [0.05, 0.1) is 17.9 Å². The monoisotopic (exact) mass is 381 g/mol. The summed E-state index contributed by atoms with van der Waals surface area (Å²) < 4.78 is 44.8. The Morgan fingerprint density at radius 1 is 1.04 bits per heavy atom. The maximum atomic E-state index is 13.3. The molecule has 27 heavy (non-hydrogen) atoms. The number of ether oxygens (including phenoxy) is 1. The number of anilines is 2. The van der Waals surface area contributed by atoms with Crippen molar-refractivity contribution in [1.29, 1.82) is 0 Å². The fraction of sp³-hybridized carbons (Fsp3) is 0.222. The van der Waals surface area contributed by atoms with Gasteiger partial charge in [0.25, 0.3) is 5.91 Å². The molecule has 2 rings (SSSR count). The molecule has 3 amide bonds. The maximum Gasteiger partial charge on any atom is 0.418 e. The molecule has 0 fully saturated rings. The van der Waals surface area contributed by atoms with Crippen LogP contribution in [0, 0.1) is 0 Å². The van der Waals surface area contributed by atoms with E-state index in [4.69, 9.17) is 4.74 Å². The number of urea groups is 1. The fourth-order valence-corrected chi connectivity index (χ4v) is 2.19. The zero-order valence-corrected chi connectivity index (χ0v) is 14.4. The van der Waals surface area contributed by atoms with E-state index >= 15 is 0 Å². The van der Waals surface area contributed by atoms with Crippen molar-refractivity contribution in [3.8, 4) is 0 Å². The van der Waals surface area contributed by atoms with E-state index in [9.17, 15) is 22.8 Å². The normalized spacial score (nSPS) is 11.0. The average molecular weight is 381 g/mol. The minimum atomic E-state index is -4.72. The number of methoxy groups -OCH3 is 1. The van der Waals surface area contributed by atoms with Gasteiger partial charge in [0.15, 0.2) is 0 Å². The number of halogens is 3. The highest BCUT2D eigenvalue weighted by atomic mass is 19.4. The molecule has 2 aromatic rings. The molecule has 0 spiro atoms. The SMILES string of the molecule is COCCNC(=O)Nc1ccc(NC(=O)c2ccccc2)cc1C(F)(F)F. The highest BCUT2D eigenvalue weighted by Crippen LogP contribution is 2.36. The summed E-state index contributed by atoms with van der Waals surface area (Å²) in [6, 6.07) is 10.4. The Labute approximate surface area is 153 Å². The first kappa shape index (κ1) is 20.2. The summed E-state index contributed by atoms with van der Waals surface area (Å²) in [5, 5.41) is 6.93. The van der Waals surface area contributed by atoms with Crippen LogP contribution >= 0.6 is 0 Å². The predicted octanol–water partition coefficient (Wildman–Crippen LogP) is 3.73. The molecule has 9 heteroatoms. The van der Waals surface area contributed by atoms with Crippen LogP contribution in [0.25, 0.3) is 0 Å². The lowest BCUT2D eigenvalue weighted by Crippen LogP contribution is -2.32. The van der Waals surface area contributed by atoms with Crippen molar-refractivity contribution >= 4 is 23.3 Å². The predicted molar refractivity (Wildman–Crippen MR) is 94.7 cm³/mol. The second kappa shape index (κ2) is 9.04. The van der Waals surface area contributed by atoms with Crippen LogP contribution in [-0.4, -0.2) is 32.2 Å². The Morgan fingerprint density at radius 2 is 1.74 bits per heavy atom. The largest absolute Gasteiger partial charge is 0.418 e. The van der Waals surface area contributed by atoms with Gasteiger partial charge in [-0.15, -0.1) is 0 Å². The van der Waals surface area contributed by atoms with Crippen molar-refractivity contribution in [1.82, 2.24) is 5.32 Å². The van der Waals surface area contributed by atoms with Gasteiger partial charge in [-0.3, -0.25) is 4.79 Å². The van der Waals surface area contributed by atoms with Crippen LogP contribution in [0.4, 0.5) is 29.3 Å². The van der Waals surface area contributed by atoms with Gasteiger partial charge in [0.1, 0.15) is 0 Å². The standard InChI is InChI=1S/C18H18F3N3O3/c1-27-10-9-22-17(26)24-15-8-7-13(11-14(15)18(19,20)21)23-16(25)12-5-3-2-4-6-12/h2-8,11H,9-10H2,1H3,(H,23,25)(H2,22,24,26). The summed E-state index contributed by atoms with van der Waals surface area (Å²) in [4.78, 5) is 23.8. The Bertz CT molecular complexity index is 795. The topological polar surface area (TPSA) is 79.5 Å². The van der Waals surface area contributed by atoms with Crippen LogP contribution in [0.15, 0.2) is 48.5 Å². The molecule has 0 saturated heterocycles. The van der Waals surface area contributed by atoms with E-state index < -0.39 is 29.4 Å². The first-order valence-corrected chi connectivity index (χ1v) is 7.92. The van der Waals surface area contributed by atoms with Crippen molar-refractivity contribution in [3.05, 3.63) is 59.7 Å². The molecule has 0 aliphatic carbocycles. The number of amides is 3. The van der Waals surface area contributed by atoms with Crippen molar-refractivity contribution in [3.63, 3.8) is 0 Å². The van der Waals surface area contributed by atoms with Gasteiger partial charge in [-0.25, -0.2) is 4.79 Å². The Morgan fingerprint density at radius 3 is 2.37 bits per heavy atom. The third kappa shape index (κ3) is 6.00. The number of nitrogens with one attached hydrogen (secondary N) is 3. The van der Waals surface area contributed by atoms with Crippen LogP contribution < -0.4 is 16.0 Å². The molecule has 0 atom stereocenters. The molecule has 0 bridgehead atoms. The minimum absolute atomic E-state index is 0.0403. The number of carbonyl (C=O) groups is 2. The van der Waals surface area contributed by atoms with Crippen LogP contribution in [-0.2, 0) is 10.9 Å². The molecule has 0 radical (unpaired) electrons. The van der Waals surface area contributed by atoms with E-state index in [2.05, 4.69) is 16.0 Å². The lowest BCUT2D eigenvalue weighted by Gasteiger charge is -2.16. The van der Waals surface area contributed by atoms with Crippen LogP contribution in [0.3, 0.4) is 0 Å². The van der Waals surface area contributed by atoms with E-state index in [0.29, 0.717) is 5.56 Å². The lowest BCUT2D eigenvalue weighted by atomic mass is 10.1. The third-order valence-electron chi connectivity index (χ3n) is 3.46. The summed E-state index contributed by atoms with van der Waals surface area (Å²) in [7, 11) is 1.43. The number of carbonyl (C=O) groups excluding carboxylic acids is 2. The Kier molecular flexibility index (Phi) is 6.78. The molecule has 3 N–H and O–H groups in total. The molecular formula is C18H18F3N3O3. The first-order valence-electron chi connectivity index (χ1n) is 7.92. The van der Waals surface area contributed by atoms with Crippen molar-refractivity contribution in [2.24, 2.45) is 0 Å². The number of alkyl halides is 3. The van der Waals surface area contributed by atoms with Crippen molar-refractivity contribution in [2.45, 2.75) is 6.18 Å². The number of benzene rings is 2. The van der Waals surface area contributed by atoms with Crippen molar-refractivity contribution < 1.29 is 27.5 Å². The molecular weight excluding hydrogens is 363 g/mol. The smallest absolute Gasteiger partial charge is 0.383 e. The zero-order valence-electron chi connectivity index (χ0n) is 14.4. The van der Waals surface area contributed by atoms with Gasteiger partial charge in [-0.2, -0.15) is 13.2 Å². The van der Waals surface area contributed by atoms with Gasteiger partial charge in [0, 0.05) is 24.9 Å². The Balaban J connectivity index is 2.18. The second-order valence-electron chi connectivity index (χ2n) is 5.45. The van der Waals surface area contributed by atoms with Crippen molar-refractivity contribution in [2.75, 3.05) is 30.9 Å². The van der Waals surface area contributed by atoms with E-state index in [1.165, 1.54) is 13.2 Å². The van der Waals surface area contributed by atoms with E-state index in [-0.39, 0.29) is 18.8 Å². The summed E-state index contributed by atoms with van der Waals surface area (Å²) in [5.41, 5.74) is -1.22. The Hall–Kier alpha value is -3.07. The van der Waals surface area contributed by atoms with Crippen LogP contribution in [0.1, 0.15) is 15.9 Å². The third-order valence-corrected chi connectivity index (χ3v) is 3.46. The van der Waals surface area contributed by atoms with Gasteiger partial charge in [-0.1, -0.05) is 18.2 Å². The number of rotatable bonds is 6. The van der Waals surface area contributed by atoms with Crippen LogP contribution in [0.2, 0.25) is 0 Å². The summed E-state index contributed by atoms with van der Waals surface area (Å²) in [6.45, 7) is 0.374. The van der Waals surface area contributed by atoms with Gasteiger partial charge < -0.3 is 20.7 Å². The molecule has 0 saturated carbocycles. The molecule has 0 unspecified atom stereocenters. The molecule has 0 heterocycles. The van der Waals surface area contributed by atoms with Gasteiger partial charge in [-0.05, 0) is 30.3 Å². The summed E-state index contributed by atoms with van der Waals surface area (Å²) in [5.74, 6) is -0.540. The van der Waals surface area contributed by atoms with Gasteiger partial charge >= 0.3 is 12.2 Å². The second-order valence-corrected chi connectivity index (χ2v) is 5.45. The number of hydrogen-bond donors (Lipinski definition) is 3. The number of hydrogen-bond acceptors (Lipinski definition) is 3. The lowest BCUT2D eigenvalue weighted by molar-refractivity contribution is -0.136. The van der Waals surface area contributed by atoms with E-state index in [1.54, 1.807) is 30.3 Å². The van der Waals surface area contributed by atoms with Crippen LogP contribution in [0.5, 0.6) is 0 Å². The summed E-state index contributed by atoms with van der Waals surface area (Å²) >= 11 is 0. The minimum Gasteiger partial charge on any atom is -0.383 e.